The molecular formula is C14H14O6. The van der Waals surface area contributed by atoms with Crippen LogP contribution in [0.15, 0.2) is 18.2 Å². The van der Waals surface area contributed by atoms with Crippen LogP contribution in [0, 0.1) is 0 Å². The van der Waals surface area contributed by atoms with Crippen LogP contribution in [0.2, 0.25) is 0 Å². The van der Waals surface area contributed by atoms with Gasteiger partial charge in [0.1, 0.15) is 22.7 Å². The molecule has 1 aliphatic carbocycles. The lowest BCUT2D eigenvalue weighted by Crippen LogP contribution is -2.47. The Morgan fingerprint density at radius 1 is 1.30 bits per heavy atom. The van der Waals surface area contributed by atoms with E-state index in [1.165, 1.54) is 12.1 Å². The summed E-state index contributed by atoms with van der Waals surface area (Å²) in [4.78, 5) is 12.0. The molecule has 0 amide bonds. The molecule has 0 spiro atoms. The van der Waals surface area contributed by atoms with Crippen LogP contribution in [0.3, 0.4) is 0 Å². The molecule has 106 valence electrons. The number of benzene rings is 1. The summed E-state index contributed by atoms with van der Waals surface area (Å²) in [7, 11) is 0. The number of phenolic OH excluding ortho intramolecular Hbond substituents is 2. The minimum absolute atomic E-state index is 0.0433. The number of aliphatic hydroxyl groups excluding tert-OH is 2. The zero-order chi connectivity index (χ0) is 14.7. The van der Waals surface area contributed by atoms with Gasteiger partial charge in [0.2, 0.25) is 0 Å². The Morgan fingerprint density at radius 2 is 2.00 bits per heavy atom. The van der Waals surface area contributed by atoms with Crippen LogP contribution in [0.25, 0.3) is 5.57 Å². The standard InChI is InChI=1S/C14H14O6/c1-14-5-11(18)9(16)4-8(14)7-2-6(15)3-10(17)12(7)13(19)20-14/h2-4,9,11,15-18H,5H2,1H3/t9-,11-,14-/m0/s1. The number of fused-ring (bicyclic) bond motifs is 3. The first-order chi connectivity index (χ1) is 9.32. The second-order valence-electron chi connectivity index (χ2n) is 5.35. The highest BCUT2D eigenvalue weighted by molar-refractivity contribution is 6.03. The topological polar surface area (TPSA) is 107 Å². The van der Waals surface area contributed by atoms with Crippen LogP contribution in [0.5, 0.6) is 11.5 Å². The molecule has 6 heteroatoms. The third-order valence-corrected chi connectivity index (χ3v) is 3.81. The van der Waals surface area contributed by atoms with Gasteiger partial charge in [-0.2, -0.15) is 0 Å². The second-order valence-corrected chi connectivity index (χ2v) is 5.35. The van der Waals surface area contributed by atoms with Crippen molar-refractivity contribution in [3.05, 3.63) is 29.3 Å². The van der Waals surface area contributed by atoms with Crippen molar-refractivity contribution in [1.29, 1.82) is 0 Å². The molecule has 0 saturated heterocycles. The second kappa shape index (κ2) is 3.97. The number of ether oxygens (including phenoxy) is 1. The third-order valence-electron chi connectivity index (χ3n) is 3.81. The van der Waals surface area contributed by atoms with Crippen molar-refractivity contribution in [2.45, 2.75) is 31.2 Å². The lowest BCUT2D eigenvalue weighted by Gasteiger charge is -2.42. The van der Waals surface area contributed by atoms with E-state index in [4.69, 9.17) is 4.74 Å². The fraction of sp³-hybridized carbons (Fsp3) is 0.357. The lowest BCUT2D eigenvalue weighted by atomic mass is 9.75. The molecule has 0 aromatic heterocycles. The monoisotopic (exact) mass is 278 g/mol. The van der Waals surface area contributed by atoms with Crippen LogP contribution in [0.1, 0.15) is 29.3 Å². The van der Waals surface area contributed by atoms with Crippen LogP contribution in [0.4, 0.5) is 0 Å². The van der Waals surface area contributed by atoms with Gasteiger partial charge in [-0.15, -0.1) is 0 Å². The number of esters is 1. The lowest BCUT2D eigenvalue weighted by molar-refractivity contribution is -0.0387. The average molecular weight is 278 g/mol. The summed E-state index contributed by atoms with van der Waals surface area (Å²) in [5, 5.41) is 38.9. The molecule has 20 heavy (non-hydrogen) atoms. The number of aliphatic hydroxyl groups is 2. The van der Waals surface area contributed by atoms with Crippen LogP contribution in [-0.4, -0.2) is 44.2 Å². The largest absolute Gasteiger partial charge is 0.508 e. The van der Waals surface area contributed by atoms with Gasteiger partial charge >= 0.3 is 5.97 Å². The Balaban J connectivity index is 2.28. The number of hydrogen-bond donors (Lipinski definition) is 4. The average Bonchev–Trinajstić information content (AvgIpc) is 2.31. The van der Waals surface area contributed by atoms with Gasteiger partial charge in [-0.25, -0.2) is 4.79 Å². The quantitative estimate of drug-likeness (QED) is 0.516. The zero-order valence-corrected chi connectivity index (χ0v) is 10.7. The van der Waals surface area contributed by atoms with Gasteiger partial charge in [0.05, 0.1) is 12.2 Å². The number of carbonyl (C=O) groups is 1. The first-order valence-electron chi connectivity index (χ1n) is 6.20. The molecule has 0 bridgehead atoms. The summed E-state index contributed by atoms with van der Waals surface area (Å²) in [5.41, 5.74) is -0.360. The predicted octanol–water partition coefficient (Wildman–Crippen LogP) is 0.536. The molecule has 0 unspecified atom stereocenters. The Hall–Kier alpha value is -2.05. The predicted molar refractivity (Wildman–Crippen MR) is 68.2 cm³/mol. The van der Waals surface area contributed by atoms with Crippen LogP contribution >= 0.6 is 0 Å². The van der Waals surface area contributed by atoms with Crippen molar-refractivity contribution < 1.29 is 30.0 Å². The number of carbonyl (C=O) groups excluding carboxylic acids is 1. The maximum Gasteiger partial charge on any atom is 0.343 e. The molecule has 0 radical (unpaired) electrons. The van der Waals surface area contributed by atoms with E-state index < -0.39 is 23.8 Å². The van der Waals surface area contributed by atoms with E-state index in [1.807, 2.05) is 0 Å². The van der Waals surface area contributed by atoms with Crippen molar-refractivity contribution in [2.75, 3.05) is 0 Å². The van der Waals surface area contributed by atoms with Gasteiger partial charge < -0.3 is 25.2 Å². The summed E-state index contributed by atoms with van der Waals surface area (Å²) in [6.07, 6.45) is -0.698. The highest BCUT2D eigenvalue weighted by Gasteiger charge is 2.47. The Kier molecular flexibility index (Phi) is 2.57. The maximum absolute atomic E-state index is 12.0. The summed E-state index contributed by atoms with van der Waals surface area (Å²) in [5.74, 6) is -1.30. The van der Waals surface area contributed by atoms with Gasteiger partial charge in [-0.1, -0.05) is 0 Å². The molecule has 0 saturated carbocycles. The van der Waals surface area contributed by atoms with Crippen molar-refractivity contribution >= 4 is 11.5 Å². The van der Waals surface area contributed by atoms with E-state index in [2.05, 4.69) is 0 Å². The summed E-state index contributed by atoms with van der Waals surface area (Å²) < 4.78 is 5.32. The first kappa shape index (κ1) is 13.0. The van der Waals surface area contributed by atoms with E-state index in [0.717, 1.165) is 6.07 Å². The summed E-state index contributed by atoms with van der Waals surface area (Å²) in [6, 6.07) is 2.39. The molecule has 3 atom stereocenters. The zero-order valence-electron chi connectivity index (χ0n) is 10.7. The highest BCUT2D eigenvalue weighted by atomic mass is 16.6. The SMILES string of the molecule is C[C@]12C[C@H](O)[C@@H](O)C=C1c1cc(O)cc(O)c1C(=O)O2. The molecule has 6 nitrogen and oxygen atoms in total. The van der Waals surface area contributed by atoms with Crippen molar-refractivity contribution in [2.24, 2.45) is 0 Å². The molecule has 2 aliphatic rings. The molecule has 1 aliphatic heterocycles. The van der Waals surface area contributed by atoms with Crippen molar-refractivity contribution in [1.82, 2.24) is 0 Å². The number of hydrogen-bond acceptors (Lipinski definition) is 6. The maximum atomic E-state index is 12.0. The van der Waals surface area contributed by atoms with Gasteiger partial charge in [-0.05, 0) is 19.1 Å². The Labute approximate surface area is 114 Å². The molecular weight excluding hydrogens is 264 g/mol. The fourth-order valence-electron chi connectivity index (χ4n) is 2.85. The molecule has 1 aromatic rings. The van der Waals surface area contributed by atoms with Gasteiger partial charge in [-0.3, -0.25) is 0 Å². The minimum atomic E-state index is -1.09. The molecule has 1 aromatic carbocycles. The van der Waals surface area contributed by atoms with E-state index >= 15 is 0 Å². The summed E-state index contributed by atoms with van der Waals surface area (Å²) in [6.45, 7) is 1.62. The first-order valence-corrected chi connectivity index (χ1v) is 6.20. The fourth-order valence-corrected chi connectivity index (χ4v) is 2.85. The highest BCUT2D eigenvalue weighted by Crippen LogP contribution is 2.47. The van der Waals surface area contributed by atoms with Gasteiger partial charge in [0, 0.05) is 23.6 Å². The molecule has 3 rings (SSSR count). The Bertz CT molecular complexity index is 635. The normalized spacial score (nSPS) is 31.9. The molecule has 4 N–H and O–H groups in total. The number of phenols is 2. The molecule has 0 fully saturated rings. The minimum Gasteiger partial charge on any atom is -0.508 e. The van der Waals surface area contributed by atoms with Gasteiger partial charge in [0.15, 0.2) is 0 Å². The van der Waals surface area contributed by atoms with Crippen molar-refractivity contribution in [3.63, 3.8) is 0 Å². The van der Waals surface area contributed by atoms with Crippen LogP contribution in [-0.2, 0) is 4.74 Å². The van der Waals surface area contributed by atoms with Crippen molar-refractivity contribution in [3.8, 4) is 11.5 Å². The third kappa shape index (κ3) is 1.69. The van der Waals surface area contributed by atoms with E-state index in [0.29, 0.717) is 11.1 Å². The smallest absolute Gasteiger partial charge is 0.343 e. The summed E-state index contributed by atoms with van der Waals surface area (Å²) >= 11 is 0. The van der Waals surface area contributed by atoms with Gasteiger partial charge in [0.25, 0.3) is 0 Å². The molecule has 1 heterocycles. The number of aromatic hydroxyl groups is 2. The van der Waals surface area contributed by atoms with E-state index in [9.17, 15) is 25.2 Å². The van der Waals surface area contributed by atoms with E-state index in [1.54, 1.807) is 6.92 Å². The number of rotatable bonds is 0. The van der Waals surface area contributed by atoms with E-state index in [-0.39, 0.29) is 23.5 Å². The Morgan fingerprint density at radius 3 is 2.70 bits per heavy atom. The van der Waals surface area contributed by atoms with Crippen LogP contribution < -0.4 is 0 Å².